The van der Waals surface area contributed by atoms with Crippen LogP contribution in [0.2, 0.25) is 0 Å². The number of anilines is 1. The predicted molar refractivity (Wildman–Crippen MR) is 113 cm³/mol. The summed E-state index contributed by atoms with van der Waals surface area (Å²) in [6.07, 6.45) is 7.07. The molecule has 2 aromatic heterocycles. The lowest BCUT2D eigenvalue weighted by Gasteiger charge is -2.25. The number of fused-ring (bicyclic) bond motifs is 4. The molecule has 0 aromatic carbocycles. The van der Waals surface area contributed by atoms with Gasteiger partial charge < -0.3 is 10.1 Å². The first kappa shape index (κ1) is 20.3. The van der Waals surface area contributed by atoms with Gasteiger partial charge in [0.1, 0.15) is 12.4 Å². The average molecular weight is 447 g/mol. The Hall–Kier alpha value is -2.66. The Morgan fingerprint density at radius 3 is 2.81 bits per heavy atom. The fourth-order valence-corrected chi connectivity index (χ4v) is 5.79. The van der Waals surface area contributed by atoms with Crippen molar-refractivity contribution in [2.75, 3.05) is 18.5 Å². The van der Waals surface area contributed by atoms with Gasteiger partial charge >= 0.3 is 6.03 Å². The van der Waals surface area contributed by atoms with Gasteiger partial charge in [-0.3, -0.25) is 5.32 Å². The molecule has 2 amide bonds. The molecule has 1 unspecified atom stereocenters. The van der Waals surface area contributed by atoms with Gasteiger partial charge in [-0.1, -0.05) is 6.92 Å². The van der Waals surface area contributed by atoms with Gasteiger partial charge in [-0.25, -0.2) is 27.6 Å². The number of nitrogens with one attached hydrogen (secondary N) is 3. The third-order valence-electron chi connectivity index (χ3n) is 6.12. The second-order valence-corrected chi connectivity index (χ2v) is 9.82. The van der Waals surface area contributed by atoms with Gasteiger partial charge in [-0.2, -0.15) is 5.10 Å². The van der Waals surface area contributed by atoms with Crippen molar-refractivity contribution < 1.29 is 17.9 Å². The first-order valence-electron chi connectivity index (χ1n) is 10.8. The van der Waals surface area contributed by atoms with Gasteiger partial charge in [0.2, 0.25) is 5.88 Å². The molecule has 0 saturated heterocycles. The molecule has 11 heteroatoms. The highest BCUT2D eigenvalue weighted by molar-refractivity contribution is 7.90. The van der Waals surface area contributed by atoms with Crippen molar-refractivity contribution in [2.24, 2.45) is 0 Å². The topological polar surface area (TPSA) is 127 Å². The van der Waals surface area contributed by atoms with E-state index >= 15 is 0 Å². The highest BCUT2D eigenvalue weighted by Crippen LogP contribution is 2.36. The first-order chi connectivity index (χ1) is 15.0. The maximum atomic E-state index is 12.9. The lowest BCUT2D eigenvalue weighted by Crippen LogP contribution is -2.42. The number of aromatic nitrogens is 3. The molecule has 3 heterocycles. The smallest absolute Gasteiger partial charge is 0.334 e. The third-order valence-corrected chi connectivity index (χ3v) is 7.43. The van der Waals surface area contributed by atoms with Gasteiger partial charge in [0.15, 0.2) is 4.90 Å². The Morgan fingerprint density at radius 1 is 1.19 bits per heavy atom. The second kappa shape index (κ2) is 7.79. The number of carbonyl (C=O) groups excluding carboxylic acids is 1. The van der Waals surface area contributed by atoms with Crippen LogP contribution < -0.4 is 20.1 Å². The van der Waals surface area contributed by atoms with Gasteiger partial charge in [-0.05, 0) is 61.8 Å². The van der Waals surface area contributed by atoms with E-state index in [9.17, 15) is 13.2 Å². The average Bonchev–Trinajstić information content (AvgIpc) is 3.46. The number of aryl methyl sites for hydroxylation is 1. The van der Waals surface area contributed by atoms with Crippen molar-refractivity contribution in [3.63, 3.8) is 0 Å². The number of rotatable bonds is 5. The zero-order valence-corrected chi connectivity index (χ0v) is 18.2. The van der Waals surface area contributed by atoms with Crippen LogP contribution in [0.1, 0.15) is 42.1 Å². The van der Waals surface area contributed by atoms with Gasteiger partial charge in [0, 0.05) is 5.69 Å². The Morgan fingerprint density at radius 2 is 1.97 bits per heavy atom. The molecule has 166 valence electrons. The lowest BCUT2D eigenvalue weighted by atomic mass is 10.0. The minimum atomic E-state index is -4.15. The summed E-state index contributed by atoms with van der Waals surface area (Å²) in [5.74, 6) is 0.619. The SMILES string of the molecule is CCNC1COc2c(S(=O)(=O)NC(=O)Nc3nc4c(c5c3CCC5)CCC4)cnn2C1. The van der Waals surface area contributed by atoms with E-state index in [2.05, 4.69) is 25.4 Å². The second-order valence-electron chi connectivity index (χ2n) is 8.17. The molecular formula is C20H26N6O4S. The molecule has 0 saturated carbocycles. The van der Waals surface area contributed by atoms with Crippen LogP contribution in [0.15, 0.2) is 11.1 Å². The number of hydrogen-bond donors (Lipinski definition) is 3. The highest BCUT2D eigenvalue weighted by atomic mass is 32.2. The van der Waals surface area contributed by atoms with Gasteiger partial charge in [-0.15, -0.1) is 0 Å². The number of sulfonamides is 1. The van der Waals surface area contributed by atoms with E-state index in [-0.39, 0.29) is 16.8 Å². The number of carbonyl (C=O) groups is 1. The number of ether oxygens (including phenoxy) is 1. The standard InChI is InChI=1S/C20H26N6O4S/c1-2-21-12-10-26-19(30-11-12)17(9-22-26)31(28,29)25-20(27)24-18-15-7-3-5-13(15)14-6-4-8-16(14)23-18/h9,12,21H,2-8,10-11H2,1H3,(H2,23,24,25,27). The summed E-state index contributed by atoms with van der Waals surface area (Å²) in [7, 11) is -4.15. The van der Waals surface area contributed by atoms with Crippen molar-refractivity contribution in [3.8, 4) is 5.88 Å². The Labute approximate surface area is 180 Å². The van der Waals surface area contributed by atoms with Gasteiger partial charge in [0.25, 0.3) is 10.0 Å². The van der Waals surface area contributed by atoms with Crippen LogP contribution in [0.4, 0.5) is 10.6 Å². The summed E-state index contributed by atoms with van der Waals surface area (Å²) in [6, 6.07) is -0.780. The van der Waals surface area contributed by atoms with Crippen molar-refractivity contribution in [2.45, 2.75) is 62.9 Å². The highest BCUT2D eigenvalue weighted by Gasteiger charge is 2.32. The summed E-state index contributed by atoms with van der Waals surface area (Å²) in [6.45, 7) is 3.59. The Kier molecular flexibility index (Phi) is 5.09. The number of amides is 2. The van der Waals surface area contributed by atoms with Crippen molar-refractivity contribution >= 4 is 21.9 Å². The van der Waals surface area contributed by atoms with Crippen LogP contribution in [-0.2, 0) is 42.3 Å². The number of likely N-dealkylation sites (N-methyl/N-ethyl adjacent to an activating group) is 1. The molecule has 2 aromatic rings. The number of urea groups is 1. The summed E-state index contributed by atoms with van der Waals surface area (Å²) >= 11 is 0. The monoisotopic (exact) mass is 446 g/mol. The molecule has 0 fully saturated rings. The first-order valence-corrected chi connectivity index (χ1v) is 12.2. The van der Waals surface area contributed by atoms with E-state index in [1.807, 2.05) is 6.92 Å². The van der Waals surface area contributed by atoms with E-state index in [0.717, 1.165) is 56.3 Å². The van der Waals surface area contributed by atoms with Crippen LogP contribution in [0.5, 0.6) is 5.88 Å². The van der Waals surface area contributed by atoms with E-state index in [1.165, 1.54) is 22.0 Å². The fraction of sp³-hybridized carbons (Fsp3) is 0.550. The Balaban J connectivity index is 1.34. The van der Waals surface area contributed by atoms with Crippen LogP contribution in [-0.4, -0.2) is 48.4 Å². The van der Waals surface area contributed by atoms with E-state index in [1.54, 1.807) is 0 Å². The summed E-state index contributed by atoms with van der Waals surface area (Å²) in [5.41, 5.74) is 4.67. The molecule has 0 bridgehead atoms. The van der Waals surface area contributed by atoms with Crippen LogP contribution in [0.25, 0.3) is 0 Å². The van der Waals surface area contributed by atoms with Crippen LogP contribution >= 0.6 is 0 Å². The van der Waals surface area contributed by atoms with E-state index in [4.69, 9.17) is 4.74 Å². The zero-order chi connectivity index (χ0) is 21.6. The molecular weight excluding hydrogens is 420 g/mol. The maximum absolute atomic E-state index is 12.9. The molecule has 0 radical (unpaired) electrons. The molecule has 31 heavy (non-hydrogen) atoms. The summed E-state index contributed by atoms with van der Waals surface area (Å²) in [5, 5.41) is 10.0. The molecule has 1 atom stereocenters. The molecule has 2 aliphatic carbocycles. The summed E-state index contributed by atoms with van der Waals surface area (Å²) < 4.78 is 34.9. The van der Waals surface area contributed by atoms with Crippen molar-refractivity contribution in [1.29, 1.82) is 0 Å². The molecule has 10 nitrogen and oxygen atoms in total. The molecule has 5 rings (SSSR count). The van der Waals surface area contributed by atoms with Crippen molar-refractivity contribution in [1.82, 2.24) is 24.8 Å². The molecule has 3 aliphatic rings. The maximum Gasteiger partial charge on any atom is 0.334 e. The largest absolute Gasteiger partial charge is 0.475 e. The minimum Gasteiger partial charge on any atom is -0.475 e. The zero-order valence-electron chi connectivity index (χ0n) is 17.4. The number of pyridine rings is 1. The fourth-order valence-electron chi connectivity index (χ4n) is 4.80. The predicted octanol–water partition coefficient (Wildman–Crippen LogP) is 1.14. The number of nitrogens with zero attached hydrogens (tertiary/aromatic N) is 3. The van der Waals surface area contributed by atoms with Gasteiger partial charge in [0.05, 0.1) is 18.8 Å². The minimum absolute atomic E-state index is 0.0530. The third kappa shape index (κ3) is 3.65. The van der Waals surface area contributed by atoms with Crippen LogP contribution in [0, 0.1) is 0 Å². The van der Waals surface area contributed by atoms with E-state index in [0.29, 0.717) is 19.0 Å². The molecule has 3 N–H and O–H groups in total. The summed E-state index contributed by atoms with van der Waals surface area (Å²) in [4.78, 5) is 17.1. The lowest BCUT2D eigenvalue weighted by molar-refractivity contribution is 0.180. The van der Waals surface area contributed by atoms with Crippen LogP contribution in [0.3, 0.4) is 0 Å². The normalized spacial score (nSPS) is 19.3. The van der Waals surface area contributed by atoms with Crippen molar-refractivity contribution in [3.05, 3.63) is 28.6 Å². The molecule has 0 spiro atoms. The number of hydrogen-bond acceptors (Lipinski definition) is 7. The quantitative estimate of drug-likeness (QED) is 0.628. The van der Waals surface area contributed by atoms with E-state index < -0.39 is 16.1 Å². The molecule has 1 aliphatic heterocycles. The Bertz CT molecular complexity index is 1140.